The van der Waals surface area contributed by atoms with Crippen LogP contribution in [0.1, 0.15) is 34.1 Å². The van der Waals surface area contributed by atoms with E-state index in [0.717, 1.165) is 6.08 Å². The van der Waals surface area contributed by atoms with Crippen molar-refractivity contribution in [2.75, 3.05) is 0 Å². The summed E-state index contributed by atoms with van der Waals surface area (Å²) in [5, 5.41) is 0. The maximum Gasteiger partial charge on any atom is 0.334 e. The summed E-state index contributed by atoms with van der Waals surface area (Å²) < 4.78 is 10.1. The molecular weight excluding hydrogens is 374 g/mol. The molecule has 128 valence electrons. The number of halogens is 4. The van der Waals surface area contributed by atoms with Gasteiger partial charge in [0.1, 0.15) is 21.9 Å². The maximum atomic E-state index is 12.1. The van der Waals surface area contributed by atoms with E-state index in [1.54, 1.807) is 13.8 Å². The molecule has 0 aromatic carbocycles. The molecule has 0 radical (unpaired) electrons. The Hall–Kier alpha value is -0.160. The second-order valence-electron chi connectivity index (χ2n) is 5.19. The van der Waals surface area contributed by atoms with Gasteiger partial charge in [0.2, 0.25) is 0 Å². The second kappa shape index (κ2) is 10.6. The van der Waals surface area contributed by atoms with E-state index in [1.165, 1.54) is 0 Å². The van der Waals surface area contributed by atoms with Crippen LogP contribution in [0, 0.1) is 5.92 Å². The van der Waals surface area contributed by atoms with E-state index in [2.05, 4.69) is 0 Å². The quantitative estimate of drug-likeness (QED) is 0.347. The SMILES string of the molecule is CC(C)C/C(=C\C(=O)OC(C)C(Cl)Cl)C(=O)OC(C)C(Cl)Cl. The monoisotopic (exact) mass is 392 g/mol. The van der Waals surface area contributed by atoms with Crippen molar-refractivity contribution in [3.8, 4) is 0 Å². The normalized spacial score (nSPS) is 15.1. The molecule has 0 aliphatic carbocycles. The Morgan fingerprint density at radius 3 is 1.77 bits per heavy atom. The van der Waals surface area contributed by atoms with Gasteiger partial charge in [-0.05, 0) is 26.2 Å². The van der Waals surface area contributed by atoms with Gasteiger partial charge in [-0.15, -0.1) is 46.4 Å². The van der Waals surface area contributed by atoms with Crippen LogP contribution in [0.25, 0.3) is 0 Å². The van der Waals surface area contributed by atoms with Crippen molar-refractivity contribution in [3.63, 3.8) is 0 Å². The van der Waals surface area contributed by atoms with Gasteiger partial charge in [0, 0.05) is 11.6 Å². The van der Waals surface area contributed by atoms with Crippen LogP contribution in [-0.2, 0) is 19.1 Å². The second-order valence-corrected chi connectivity index (χ2v) is 7.52. The molecule has 4 nitrogen and oxygen atoms in total. The molecule has 0 bridgehead atoms. The van der Waals surface area contributed by atoms with Gasteiger partial charge in [-0.1, -0.05) is 13.8 Å². The zero-order valence-corrected chi connectivity index (χ0v) is 15.8. The first-order valence-corrected chi connectivity index (χ1v) is 8.47. The molecule has 8 heteroatoms. The highest BCUT2D eigenvalue weighted by atomic mass is 35.5. The van der Waals surface area contributed by atoms with E-state index in [4.69, 9.17) is 55.9 Å². The summed E-state index contributed by atoms with van der Waals surface area (Å²) in [5.41, 5.74) is 0.175. The predicted octanol–water partition coefficient (Wildman–Crippen LogP) is 4.43. The summed E-state index contributed by atoms with van der Waals surface area (Å²) in [6.45, 7) is 6.90. The highest BCUT2D eigenvalue weighted by Crippen LogP contribution is 2.18. The van der Waals surface area contributed by atoms with Crippen LogP contribution in [0.5, 0.6) is 0 Å². The molecule has 0 aromatic rings. The first-order valence-electron chi connectivity index (χ1n) is 6.73. The molecule has 2 atom stereocenters. The maximum absolute atomic E-state index is 12.1. The Bertz CT molecular complexity index is 408. The van der Waals surface area contributed by atoms with Crippen molar-refractivity contribution in [2.45, 2.75) is 56.0 Å². The zero-order chi connectivity index (χ0) is 17.4. The lowest BCUT2D eigenvalue weighted by molar-refractivity contribution is -0.145. The van der Waals surface area contributed by atoms with Gasteiger partial charge in [-0.3, -0.25) is 0 Å². The number of carbonyl (C=O) groups is 2. The van der Waals surface area contributed by atoms with Crippen molar-refractivity contribution < 1.29 is 19.1 Å². The molecular formula is C14H20Cl4O4. The third kappa shape index (κ3) is 9.09. The lowest BCUT2D eigenvalue weighted by Crippen LogP contribution is -2.24. The average Bonchev–Trinajstić information content (AvgIpc) is 2.36. The number of ether oxygens (including phenoxy) is 2. The van der Waals surface area contributed by atoms with Crippen LogP contribution < -0.4 is 0 Å². The van der Waals surface area contributed by atoms with Gasteiger partial charge in [0.05, 0.1) is 0 Å². The van der Waals surface area contributed by atoms with Gasteiger partial charge in [0.25, 0.3) is 0 Å². The van der Waals surface area contributed by atoms with Crippen LogP contribution in [0.15, 0.2) is 11.6 Å². The Balaban J connectivity index is 4.99. The number of hydrogen-bond donors (Lipinski definition) is 0. The fourth-order valence-electron chi connectivity index (χ4n) is 1.35. The molecule has 0 rings (SSSR count). The molecule has 0 N–H and O–H groups in total. The van der Waals surface area contributed by atoms with Gasteiger partial charge < -0.3 is 9.47 Å². The van der Waals surface area contributed by atoms with Crippen LogP contribution in [-0.4, -0.2) is 33.8 Å². The van der Waals surface area contributed by atoms with Gasteiger partial charge in [-0.25, -0.2) is 9.59 Å². The first kappa shape index (κ1) is 21.8. The zero-order valence-electron chi connectivity index (χ0n) is 12.8. The Morgan fingerprint density at radius 2 is 1.36 bits per heavy atom. The topological polar surface area (TPSA) is 52.6 Å². The molecule has 0 aromatic heterocycles. The smallest absolute Gasteiger partial charge is 0.334 e. The molecule has 0 saturated heterocycles. The van der Waals surface area contributed by atoms with Crippen LogP contribution in [0.3, 0.4) is 0 Å². The molecule has 22 heavy (non-hydrogen) atoms. The van der Waals surface area contributed by atoms with Crippen molar-refractivity contribution in [2.24, 2.45) is 5.92 Å². The summed E-state index contributed by atoms with van der Waals surface area (Å²) in [6, 6.07) is 0. The molecule has 0 aliphatic heterocycles. The molecule has 0 spiro atoms. The fraction of sp³-hybridized carbons (Fsp3) is 0.714. The summed E-state index contributed by atoms with van der Waals surface area (Å²) in [6.07, 6.45) is 0.0306. The highest BCUT2D eigenvalue weighted by Gasteiger charge is 2.22. The Morgan fingerprint density at radius 1 is 0.909 bits per heavy atom. The van der Waals surface area contributed by atoms with Gasteiger partial charge in [0.15, 0.2) is 0 Å². The predicted molar refractivity (Wildman–Crippen MR) is 89.6 cm³/mol. The Kier molecular flexibility index (Phi) is 10.5. The third-order valence-electron chi connectivity index (χ3n) is 2.49. The van der Waals surface area contributed by atoms with Crippen LogP contribution in [0.2, 0.25) is 0 Å². The summed E-state index contributed by atoms with van der Waals surface area (Å²) in [4.78, 5) is 22.2. The molecule has 0 heterocycles. The molecule has 0 aliphatic rings. The first-order chi connectivity index (χ1) is 10.0. The van der Waals surface area contributed by atoms with Crippen molar-refractivity contribution in [3.05, 3.63) is 11.6 Å². The van der Waals surface area contributed by atoms with Gasteiger partial charge >= 0.3 is 11.9 Å². The third-order valence-corrected chi connectivity index (χ3v) is 3.91. The van der Waals surface area contributed by atoms with E-state index in [-0.39, 0.29) is 11.5 Å². The lowest BCUT2D eigenvalue weighted by atomic mass is 10.0. The largest absolute Gasteiger partial charge is 0.457 e. The molecule has 0 saturated carbocycles. The van der Waals surface area contributed by atoms with Crippen LogP contribution in [0.4, 0.5) is 0 Å². The minimum Gasteiger partial charge on any atom is -0.457 e. The number of hydrogen-bond acceptors (Lipinski definition) is 4. The number of alkyl halides is 4. The molecule has 0 fully saturated rings. The average molecular weight is 394 g/mol. The number of esters is 2. The van der Waals surface area contributed by atoms with E-state index >= 15 is 0 Å². The summed E-state index contributed by atoms with van der Waals surface area (Å²) in [7, 11) is 0. The van der Waals surface area contributed by atoms with E-state index in [0.29, 0.717) is 6.42 Å². The van der Waals surface area contributed by atoms with E-state index in [9.17, 15) is 9.59 Å². The lowest BCUT2D eigenvalue weighted by Gasteiger charge is -2.17. The minimum absolute atomic E-state index is 0.135. The van der Waals surface area contributed by atoms with E-state index < -0.39 is 33.8 Å². The standard InChI is InChI=1S/C14H20Cl4O4/c1-7(2)5-10(14(20)22-9(4)13(17)18)6-11(19)21-8(3)12(15)16/h6-9,12-13H,5H2,1-4H3/b10-6+. The molecule has 2 unspecified atom stereocenters. The fourth-order valence-corrected chi connectivity index (χ4v) is 1.55. The summed E-state index contributed by atoms with van der Waals surface area (Å²) >= 11 is 22.5. The summed E-state index contributed by atoms with van der Waals surface area (Å²) in [5.74, 6) is -1.24. The minimum atomic E-state index is -0.857. The van der Waals surface area contributed by atoms with E-state index in [1.807, 2.05) is 13.8 Å². The van der Waals surface area contributed by atoms with Crippen LogP contribution >= 0.6 is 46.4 Å². The number of carbonyl (C=O) groups excluding carboxylic acids is 2. The number of rotatable bonds is 8. The highest BCUT2D eigenvalue weighted by molar-refractivity contribution is 6.45. The molecule has 0 amide bonds. The van der Waals surface area contributed by atoms with Crippen molar-refractivity contribution in [1.82, 2.24) is 0 Å². The van der Waals surface area contributed by atoms with Crippen molar-refractivity contribution in [1.29, 1.82) is 0 Å². The van der Waals surface area contributed by atoms with Crippen molar-refractivity contribution >= 4 is 58.3 Å². The Labute approximate surface area is 151 Å². The van der Waals surface area contributed by atoms with Gasteiger partial charge in [-0.2, -0.15) is 0 Å².